The third-order valence-electron chi connectivity index (χ3n) is 5.02. The van der Waals surface area contributed by atoms with Gasteiger partial charge in [-0.05, 0) is 43.2 Å². The van der Waals surface area contributed by atoms with Crippen LogP contribution in [0.15, 0.2) is 48.0 Å². The number of anilines is 2. The van der Waals surface area contributed by atoms with Gasteiger partial charge in [-0.1, -0.05) is 18.2 Å². The zero-order chi connectivity index (χ0) is 19.7. The molecule has 0 bridgehead atoms. The maximum absolute atomic E-state index is 12.7. The van der Waals surface area contributed by atoms with Crippen molar-refractivity contribution in [2.24, 2.45) is 5.92 Å². The molecule has 1 unspecified atom stereocenters. The molecule has 0 aliphatic carbocycles. The Morgan fingerprint density at radius 2 is 2.04 bits per heavy atom. The highest BCUT2D eigenvalue weighted by molar-refractivity contribution is 7.14. The number of benzene rings is 1. The van der Waals surface area contributed by atoms with E-state index in [2.05, 4.69) is 15.3 Å². The second-order valence-corrected chi connectivity index (χ2v) is 7.72. The van der Waals surface area contributed by atoms with Crippen molar-refractivity contribution in [2.75, 3.05) is 16.8 Å². The Kier molecular flexibility index (Phi) is 4.92. The molecule has 1 aliphatic heterocycles. The fourth-order valence-electron chi connectivity index (χ4n) is 3.31. The SMILES string of the molecule is Cc1cccc(N2CC(C(=O)Nc3nc(-c4ccccn4)cs3)CC2=O)c1C. The van der Waals surface area contributed by atoms with E-state index in [-0.39, 0.29) is 18.2 Å². The highest BCUT2D eigenvalue weighted by Crippen LogP contribution is 2.30. The van der Waals surface area contributed by atoms with E-state index in [4.69, 9.17) is 0 Å². The van der Waals surface area contributed by atoms with Gasteiger partial charge in [-0.2, -0.15) is 0 Å². The van der Waals surface area contributed by atoms with Crippen LogP contribution in [-0.2, 0) is 9.59 Å². The van der Waals surface area contributed by atoms with Crippen molar-refractivity contribution in [3.8, 4) is 11.4 Å². The van der Waals surface area contributed by atoms with Crippen molar-refractivity contribution in [3.05, 3.63) is 59.1 Å². The largest absolute Gasteiger partial charge is 0.311 e. The van der Waals surface area contributed by atoms with Crippen molar-refractivity contribution < 1.29 is 9.59 Å². The topological polar surface area (TPSA) is 75.2 Å². The molecule has 2 aromatic heterocycles. The molecular formula is C21H20N4O2S. The van der Waals surface area contributed by atoms with Crippen molar-refractivity contribution in [1.82, 2.24) is 9.97 Å². The highest BCUT2D eigenvalue weighted by Gasteiger charge is 2.36. The van der Waals surface area contributed by atoms with Crippen LogP contribution in [0, 0.1) is 19.8 Å². The van der Waals surface area contributed by atoms with Crippen molar-refractivity contribution in [1.29, 1.82) is 0 Å². The van der Waals surface area contributed by atoms with Crippen LogP contribution in [0.3, 0.4) is 0 Å². The predicted octanol–water partition coefficient (Wildman–Crippen LogP) is 3.81. The number of hydrogen-bond acceptors (Lipinski definition) is 5. The van der Waals surface area contributed by atoms with Crippen LogP contribution in [0.2, 0.25) is 0 Å². The first kappa shape index (κ1) is 18.3. The fraction of sp³-hybridized carbons (Fsp3) is 0.238. The average Bonchev–Trinajstić information content (AvgIpc) is 3.32. The molecule has 0 radical (unpaired) electrons. The van der Waals surface area contributed by atoms with Gasteiger partial charge in [0.2, 0.25) is 11.8 Å². The van der Waals surface area contributed by atoms with E-state index in [1.54, 1.807) is 11.1 Å². The molecule has 4 rings (SSSR count). The molecular weight excluding hydrogens is 372 g/mol. The molecule has 6 nitrogen and oxygen atoms in total. The van der Waals surface area contributed by atoms with Gasteiger partial charge in [0.1, 0.15) is 5.69 Å². The molecule has 1 fully saturated rings. The van der Waals surface area contributed by atoms with Crippen molar-refractivity contribution >= 4 is 34.0 Å². The van der Waals surface area contributed by atoms with Crippen LogP contribution in [0.4, 0.5) is 10.8 Å². The van der Waals surface area contributed by atoms with Gasteiger partial charge in [-0.3, -0.25) is 14.6 Å². The van der Waals surface area contributed by atoms with Crippen LogP contribution < -0.4 is 10.2 Å². The van der Waals surface area contributed by atoms with Crippen LogP contribution in [0.25, 0.3) is 11.4 Å². The monoisotopic (exact) mass is 392 g/mol. The van der Waals surface area contributed by atoms with E-state index in [9.17, 15) is 9.59 Å². The summed E-state index contributed by atoms with van der Waals surface area (Å²) in [6.07, 6.45) is 1.91. The third kappa shape index (κ3) is 3.53. The molecule has 3 heterocycles. The number of carbonyl (C=O) groups is 2. The van der Waals surface area contributed by atoms with Gasteiger partial charge in [0.15, 0.2) is 5.13 Å². The van der Waals surface area contributed by atoms with Crippen LogP contribution >= 0.6 is 11.3 Å². The number of aryl methyl sites for hydroxylation is 1. The number of amides is 2. The molecule has 28 heavy (non-hydrogen) atoms. The fourth-order valence-corrected chi connectivity index (χ4v) is 4.02. The van der Waals surface area contributed by atoms with Crippen molar-refractivity contribution in [2.45, 2.75) is 20.3 Å². The minimum Gasteiger partial charge on any atom is -0.311 e. The number of nitrogens with zero attached hydrogens (tertiary/aromatic N) is 3. The maximum atomic E-state index is 12.7. The van der Waals surface area contributed by atoms with E-state index in [1.807, 2.05) is 55.6 Å². The Morgan fingerprint density at radius 3 is 2.82 bits per heavy atom. The standard InChI is InChI=1S/C21H20N4O2S/c1-13-6-5-8-18(14(13)2)25-11-15(10-19(25)26)20(27)24-21-23-17(12-28-21)16-7-3-4-9-22-16/h3-9,12,15H,10-11H2,1-2H3,(H,23,24,27). The summed E-state index contributed by atoms with van der Waals surface area (Å²) in [6, 6.07) is 11.5. The number of hydrogen-bond donors (Lipinski definition) is 1. The molecule has 1 N–H and O–H groups in total. The second-order valence-electron chi connectivity index (χ2n) is 6.87. The van der Waals surface area contributed by atoms with Gasteiger partial charge in [0, 0.05) is 30.2 Å². The quantitative estimate of drug-likeness (QED) is 0.733. The van der Waals surface area contributed by atoms with Gasteiger partial charge < -0.3 is 10.2 Å². The average molecular weight is 392 g/mol. The molecule has 7 heteroatoms. The van der Waals surface area contributed by atoms with Gasteiger partial charge in [-0.25, -0.2) is 4.98 Å². The van der Waals surface area contributed by atoms with Crippen LogP contribution in [-0.4, -0.2) is 28.3 Å². The summed E-state index contributed by atoms with van der Waals surface area (Å²) in [7, 11) is 0. The van der Waals surface area contributed by atoms with Crippen LogP contribution in [0.1, 0.15) is 17.5 Å². The number of thiazole rings is 1. The molecule has 1 atom stereocenters. The minimum absolute atomic E-state index is 0.0258. The molecule has 142 valence electrons. The van der Waals surface area contributed by atoms with Gasteiger partial charge in [-0.15, -0.1) is 11.3 Å². The Bertz CT molecular complexity index is 1030. The summed E-state index contributed by atoms with van der Waals surface area (Å²) in [5.41, 5.74) is 4.56. The Morgan fingerprint density at radius 1 is 1.18 bits per heavy atom. The Hall–Kier alpha value is -3.06. The molecule has 0 spiro atoms. The normalized spacial score (nSPS) is 16.4. The predicted molar refractivity (Wildman–Crippen MR) is 110 cm³/mol. The van der Waals surface area contributed by atoms with Gasteiger partial charge in [0.05, 0.1) is 11.6 Å². The summed E-state index contributed by atoms with van der Waals surface area (Å²) in [6.45, 7) is 4.40. The Labute approximate surface area is 167 Å². The number of nitrogens with one attached hydrogen (secondary N) is 1. The molecule has 3 aromatic rings. The lowest BCUT2D eigenvalue weighted by Crippen LogP contribution is -2.28. The summed E-state index contributed by atoms with van der Waals surface area (Å²) < 4.78 is 0. The van der Waals surface area contributed by atoms with E-state index in [0.717, 1.165) is 28.2 Å². The van der Waals surface area contributed by atoms with Crippen LogP contribution in [0.5, 0.6) is 0 Å². The summed E-state index contributed by atoms with van der Waals surface area (Å²) in [5, 5.41) is 5.23. The lowest BCUT2D eigenvalue weighted by molar-refractivity contribution is -0.122. The molecule has 2 amide bonds. The third-order valence-corrected chi connectivity index (χ3v) is 5.78. The lowest BCUT2D eigenvalue weighted by Gasteiger charge is -2.20. The second kappa shape index (κ2) is 7.52. The molecule has 1 aliphatic rings. The lowest BCUT2D eigenvalue weighted by atomic mass is 10.1. The maximum Gasteiger partial charge on any atom is 0.231 e. The summed E-state index contributed by atoms with van der Waals surface area (Å²) in [5.74, 6) is -0.597. The highest BCUT2D eigenvalue weighted by atomic mass is 32.1. The summed E-state index contributed by atoms with van der Waals surface area (Å²) >= 11 is 1.35. The zero-order valence-corrected chi connectivity index (χ0v) is 16.5. The van der Waals surface area contributed by atoms with Crippen molar-refractivity contribution in [3.63, 3.8) is 0 Å². The zero-order valence-electron chi connectivity index (χ0n) is 15.7. The number of aromatic nitrogens is 2. The van der Waals surface area contributed by atoms with E-state index in [1.165, 1.54) is 11.3 Å². The first-order valence-electron chi connectivity index (χ1n) is 9.07. The smallest absolute Gasteiger partial charge is 0.231 e. The Balaban J connectivity index is 1.46. The van der Waals surface area contributed by atoms with E-state index < -0.39 is 5.92 Å². The molecule has 1 saturated heterocycles. The number of pyridine rings is 1. The number of carbonyl (C=O) groups excluding carboxylic acids is 2. The molecule has 1 aromatic carbocycles. The van der Waals surface area contributed by atoms with E-state index in [0.29, 0.717) is 11.7 Å². The van der Waals surface area contributed by atoms with E-state index >= 15 is 0 Å². The molecule has 0 saturated carbocycles. The minimum atomic E-state index is -0.394. The van der Waals surface area contributed by atoms with Gasteiger partial charge in [0.25, 0.3) is 0 Å². The first-order valence-corrected chi connectivity index (χ1v) is 9.95. The van der Waals surface area contributed by atoms with Gasteiger partial charge >= 0.3 is 0 Å². The number of rotatable bonds is 4. The summed E-state index contributed by atoms with van der Waals surface area (Å²) in [4.78, 5) is 35.6. The first-order chi connectivity index (χ1) is 13.5.